The van der Waals surface area contributed by atoms with Crippen LogP contribution in [-0.2, 0) is 10.0 Å². The molecule has 108 valence electrons. The van der Waals surface area contributed by atoms with Gasteiger partial charge in [-0.1, -0.05) is 6.92 Å². The maximum Gasteiger partial charge on any atom is 0.243 e. The van der Waals surface area contributed by atoms with Gasteiger partial charge in [-0.25, -0.2) is 26.3 Å². The summed E-state index contributed by atoms with van der Waals surface area (Å²) in [6.45, 7) is 4.23. The normalized spacial score (nSPS) is 13.5. The van der Waals surface area contributed by atoms with Gasteiger partial charge < -0.3 is 5.32 Å². The lowest BCUT2D eigenvalue weighted by Crippen LogP contribution is -2.39. The fourth-order valence-electron chi connectivity index (χ4n) is 1.44. The van der Waals surface area contributed by atoms with E-state index in [0.717, 1.165) is 0 Å². The summed E-state index contributed by atoms with van der Waals surface area (Å²) in [6.07, 6.45) is 0. The molecule has 0 aliphatic rings. The summed E-state index contributed by atoms with van der Waals surface area (Å²) < 4.78 is 64.7. The van der Waals surface area contributed by atoms with Crippen LogP contribution in [0.5, 0.6) is 0 Å². The molecule has 4 nitrogen and oxygen atoms in total. The quantitative estimate of drug-likeness (QED) is 0.780. The SMILES string of the molecule is CCN[C@H](C)CNS(=O)(=O)c1cc(F)c(F)cc1F. The van der Waals surface area contributed by atoms with Crippen molar-refractivity contribution in [3.63, 3.8) is 0 Å². The van der Waals surface area contributed by atoms with Gasteiger partial charge in [0.2, 0.25) is 10.0 Å². The van der Waals surface area contributed by atoms with Gasteiger partial charge in [0, 0.05) is 18.7 Å². The molecule has 0 amide bonds. The van der Waals surface area contributed by atoms with Crippen LogP contribution in [-0.4, -0.2) is 27.5 Å². The molecule has 19 heavy (non-hydrogen) atoms. The Kier molecular flexibility index (Phi) is 5.33. The molecule has 1 rings (SSSR count). The van der Waals surface area contributed by atoms with Crippen molar-refractivity contribution in [2.75, 3.05) is 13.1 Å². The molecule has 0 fully saturated rings. The van der Waals surface area contributed by atoms with Crippen LogP contribution >= 0.6 is 0 Å². The van der Waals surface area contributed by atoms with Crippen molar-refractivity contribution in [2.45, 2.75) is 24.8 Å². The first-order chi connectivity index (χ1) is 8.77. The Bertz CT molecular complexity index is 549. The molecule has 1 aromatic carbocycles. The highest BCUT2D eigenvalue weighted by Gasteiger charge is 2.22. The summed E-state index contributed by atoms with van der Waals surface area (Å²) in [5.41, 5.74) is 0. The van der Waals surface area contributed by atoms with Crippen molar-refractivity contribution in [1.29, 1.82) is 0 Å². The number of halogens is 3. The third kappa shape index (κ3) is 4.19. The molecule has 0 heterocycles. The molecule has 8 heteroatoms. The summed E-state index contributed by atoms with van der Waals surface area (Å²) >= 11 is 0. The molecule has 1 atom stereocenters. The van der Waals surface area contributed by atoms with Crippen molar-refractivity contribution < 1.29 is 21.6 Å². The van der Waals surface area contributed by atoms with Gasteiger partial charge >= 0.3 is 0 Å². The molecule has 0 bridgehead atoms. The first-order valence-electron chi connectivity index (χ1n) is 5.65. The zero-order valence-corrected chi connectivity index (χ0v) is 11.3. The van der Waals surface area contributed by atoms with E-state index in [1.807, 2.05) is 6.92 Å². The van der Waals surface area contributed by atoms with E-state index in [1.54, 1.807) is 6.92 Å². The Morgan fingerprint density at radius 3 is 2.32 bits per heavy atom. The van der Waals surface area contributed by atoms with Crippen LogP contribution in [0.4, 0.5) is 13.2 Å². The van der Waals surface area contributed by atoms with Crippen LogP contribution < -0.4 is 10.0 Å². The predicted octanol–water partition coefficient (Wildman–Crippen LogP) is 1.38. The zero-order chi connectivity index (χ0) is 14.6. The largest absolute Gasteiger partial charge is 0.313 e. The first-order valence-corrected chi connectivity index (χ1v) is 7.13. The third-order valence-corrected chi connectivity index (χ3v) is 3.84. The van der Waals surface area contributed by atoms with Gasteiger partial charge in [-0.3, -0.25) is 0 Å². The van der Waals surface area contributed by atoms with Gasteiger partial charge in [-0.05, 0) is 19.5 Å². The lowest BCUT2D eigenvalue weighted by molar-refractivity contribution is 0.480. The van der Waals surface area contributed by atoms with Gasteiger partial charge in [0.05, 0.1) is 0 Å². The Labute approximate surface area is 110 Å². The van der Waals surface area contributed by atoms with Crippen molar-refractivity contribution >= 4 is 10.0 Å². The van der Waals surface area contributed by atoms with E-state index in [-0.39, 0.29) is 18.7 Å². The molecular weight excluding hydrogens is 281 g/mol. The van der Waals surface area contributed by atoms with E-state index in [0.29, 0.717) is 12.6 Å². The standard InChI is InChI=1S/C11H15F3N2O2S/c1-3-15-7(2)6-16-19(17,18)11-5-9(13)8(12)4-10(11)14/h4-5,7,15-16H,3,6H2,1-2H3/t7-/m1/s1. The molecular formula is C11H15F3N2O2S. The highest BCUT2D eigenvalue weighted by Crippen LogP contribution is 2.18. The number of nitrogens with one attached hydrogen (secondary N) is 2. The summed E-state index contributed by atoms with van der Waals surface area (Å²) in [7, 11) is -4.22. The summed E-state index contributed by atoms with van der Waals surface area (Å²) in [4.78, 5) is -0.907. The monoisotopic (exact) mass is 296 g/mol. The number of likely N-dealkylation sites (N-methyl/N-ethyl adjacent to an activating group) is 1. The van der Waals surface area contributed by atoms with Crippen molar-refractivity contribution in [3.05, 3.63) is 29.6 Å². The molecule has 0 unspecified atom stereocenters. The molecule has 0 saturated carbocycles. The Morgan fingerprint density at radius 2 is 1.74 bits per heavy atom. The number of rotatable bonds is 6. The van der Waals surface area contributed by atoms with Crippen LogP contribution in [0, 0.1) is 17.5 Å². The van der Waals surface area contributed by atoms with Gasteiger partial charge in [0.25, 0.3) is 0 Å². The molecule has 0 aliphatic carbocycles. The molecule has 0 aromatic heterocycles. The van der Waals surface area contributed by atoms with E-state index in [4.69, 9.17) is 0 Å². The fourth-order valence-corrected chi connectivity index (χ4v) is 2.64. The van der Waals surface area contributed by atoms with Crippen molar-refractivity contribution in [1.82, 2.24) is 10.0 Å². The maximum atomic E-state index is 13.4. The topological polar surface area (TPSA) is 58.2 Å². The fraction of sp³-hybridized carbons (Fsp3) is 0.455. The van der Waals surface area contributed by atoms with Crippen molar-refractivity contribution in [3.8, 4) is 0 Å². The Morgan fingerprint density at radius 1 is 1.16 bits per heavy atom. The van der Waals surface area contributed by atoms with Crippen LogP contribution in [0.25, 0.3) is 0 Å². The zero-order valence-electron chi connectivity index (χ0n) is 10.5. The van der Waals surface area contributed by atoms with E-state index in [2.05, 4.69) is 10.0 Å². The highest BCUT2D eigenvalue weighted by atomic mass is 32.2. The molecule has 0 saturated heterocycles. The van der Waals surface area contributed by atoms with Gasteiger partial charge in [0.15, 0.2) is 11.6 Å². The molecule has 2 N–H and O–H groups in total. The smallest absolute Gasteiger partial charge is 0.243 e. The molecule has 0 spiro atoms. The minimum absolute atomic E-state index is 0.00854. The molecule has 0 radical (unpaired) electrons. The second-order valence-corrected chi connectivity index (χ2v) is 5.74. The Balaban J connectivity index is 2.92. The maximum absolute atomic E-state index is 13.4. The lowest BCUT2D eigenvalue weighted by Gasteiger charge is -2.14. The van der Waals surface area contributed by atoms with E-state index < -0.39 is 32.4 Å². The van der Waals surface area contributed by atoms with Gasteiger partial charge in [0.1, 0.15) is 10.7 Å². The highest BCUT2D eigenvalue weighted by molar-refractivity contribution is 7.89. The average Bonchev–Trinajstić information content (AvgIpc) is 2.31. The van der Waals surface area contributed by atoms with E-state index >= 15 is 0 Å². The number of hydrogen-bond acceptors (Lipinski definition) is 3. The number of sulfonamides is 1. The van der Waals surface area contributed by atoms with Gasteiger partial charge in [-0.15, -0.1) is 0 Å². The molecule has 1 aromatic rings. The van der Waals surface area contributed by atoms with Crippen LogP contribution in [0.3, 0.4) is 0 Å². The summed E-state index contributed by atoms with van der Waals surface area (Å²) in [5, 5.41) is 2.95. The van der Waals surface area contributed by atoms with Crippen molar-refractivity contribution in [2.24, 2.45) is 0 Å². The van der Waals surface area contributed by atoms with E-state index in [9.17, 15) is 21.6 Å². The predicted molar refractivity (Wildman–Crippen MR) is 64.6 cm³/mol. The Hall–Kier alpha value is -1.12. The van der Waals surface area contributed by atoms with Crippen LogP contribution in [0.1, 0.15) is 13.8 Å². The van der Waals surface area contributed by atoms with Crippen LogP contribution in [0.2, 0.25) is 0 Å². The molecule has 0 aliphatic heterocycles. The average molecular weight is 296 g/mol. The van der Waals surface area contributed by atoms with Gasteiger partial charge in [-0.2, -0.15) is 0 Å². The number of benzene rings is 1. The minimum atomic E-state index is -4.22. The minimum Gasteiger partial charge on any atom is -0.313 e. The first kappa shape index (κ1) is 15.9. The summed E-state index contributed by atoms with van der Waals surface area (Å²) in [5.74, 6) is -4.18. The van der Waals surface area contributed by atoms with Crippen LogP contribution in [0.15, 0.2) is 17.0 Å². The lowest BCUT2D eigenvalue weighted by atomic mass is 10.3. The summed E-state index contributed by atoms with van der Waals surface area (Å²) in [6, 6.07) is 0.357. The van der Waals surface area contributed by atoms with E-state index in [1.165, 1.54) is 0 Å². The third-order valence-electron chi connectivity index (χ3n) is 2.40. The number of hydrogen-bond donors (Lipinski definition) is 2. The second-order valence-electron chi connectivity index (χ2n) is 4.01. The second kappa shape index (κ2) is 6.36.